The van der Waals surface area contributed by atoms with Gasteiger partial charge >= 0.3 is 0 Å². The molecule has 0 saturated heterocycles. The van der Waals surface area contributed by atoms with Crippen molar-refractivity contribution in [2.45, 2.75) is 43.8 Å². The molecule has 0 aliphatic heterocycles. The lowest BCUT2D eigenvalue weighted by Gasteiger charge is -2.29. The summed E-state index contributed by atoms with van der Waals surface area (Å²) in [6.07, 6.45) is 4.75. The second-order valence-corrected chi connectivity index (χ2v) is 7.92. The van der Waals surface area contributed by atoms with Crippen molar-refractivity contribution in [3.8, 4) is 11.4 Å². The Morgan fingerprint density at radius 3 is 2.84 bits per heavy atom. The first kappa shape index (κ1) is 18.3. The number of nitrogens with zero attached hydrogens (tertiary/aromatic N) is 3. The van der Waals surface area contributed by atoms with Gasteiger partial charge < -0.3 is 9.88 Å². The van der Waals surface area contributed by atoms with Crippen LogP contribution in [0.4, 0.5) is 0 Å². The highest BCUT2D eigenvalue weighted by Gasteiger charge is 2.23. The van der Waals surface area contributed by atoms with Crippen LogP contribution < -0.4 is 5.32 Å². The van der Waals surface area contributed by atoms with E-state index in [9.17, 15) is 4.79 Å². The molecular weight excluding hydrogens is 356 g/mol. The Bertz CT molecular complexity index is 748. The Morgan fingerprint density at radius 1 is 1.32 bits per heavy atom. The topological polar surface area (TPSA) is 59.8 Å². The molecule has 0 radical (unpaired) electrons. The molecular formula is C18H23ClN4OS. The molecule has 7 heteroatoms. The lowest BCUT2D eigenvalue weighted by atomic mass is 9.86. The number of aromatic nitrogens is 3. The fourth-order valence-electron chi connectivity index (χ4n) is 3.23. The highest BCUT2D eigenvalue weighted by atomic mass is 35.5. The molecule has 1 heterocycles. The Labute approximate surface area is 157 Å². The number of benzene rings is 1. The zero-order chi connectivity index (χ0) is 17.8. The monoisotopic (exact) mass is 378 g/mol. The summed E-state index contributed by atoms with van der Waals surface area (Å²) in [6, 6.07) is 7.85. The van der Waals surface area contributed by atoms with E-state index in [2.05, 4.69) is 22.4 Å². The van der Waals surface area contributed by atoms with Crippen LogP contribution in [0, 0.1) is 5.92 Å². The third-order valence-electron chi connectivity index (χ3n) is 4.74. The van der Waals surface area contributed by atoms with Crippen LogP contribution in [0.1, 0.15) is 32.6 Å². The van der Waals surface area contributed by atoms with E-state index < -0.39 is 0 Å². The molecule has 1 saturated carbocycles. The van der Waals surface area contributed by atoms with E-state index >= 15 is 0 Å². The summed E-state index contributed by atoms with van der Waals surface area (Å²) >= 11 is 7.64. The van der Waals surface area contributed by atoms with E-state index in [0.717, 1.165) is 12.0 Å². The average Bonchev–Trinajstić information content (AvgIpc) is 2.96. The molecule has 3 rings (SSSR count). The van der Waals surface area contributed by atoms with E-state index in [-0.39, 0.29) is 5.91 Å². The maximum Gasteiger partial charge on any atom is 0.230 e. The van der Waals surface area contributed by atoms with Gasteiger partial charge in [-0.15, -0.1) is 10.2 Å². The van der Waals surface area contributed by atoms with Crippen molar-refractivity contribution in [1.29, 1.82) is 0 Å². The van der Waals surface area contributed by atoms with Gasteiger partial charge in [0.1, 0.15) is 0 Å². The summed E-state index contributed by atoms with van der Waals surface area (Å²) in [7, 11) is 1.89. The van der Waals surface area contributed by atoms with Crippen LogP contribution in [0.2, 0.25) is 5.02 Å². The number of hydrogen-bond donors (Lipinski definition) is 1. The van der Waals surface area contributed by atoms with Crippen molar-refractivity contribution >= 4 is 29.3 Å². The molecule has 2 aromatic rings. The molecule has 1 aliphatic rings. The maximum atomic E-state index is 12.3. The first-order valence-electron chi connectivity index (χ1n) is 8.62. The molecule has 1 aromatic carbocycles. The van der Waals surface area contributed by atoms with Crippen molar-refractivity contribution in [3.05, 3.63) is 29.3 Å². The van der Waals surface area contributed by atoms with Crippen molar-refractivity contribution < 1.29 is 4.79 Å². The minimum atomic E-state index is 0.0612. The SMILES string of the molecule is CC1CCCCC1NC(=O)CSc1nnc(-c2ccccc2Cl)n1C. The second-order valence-electron chi connectivity index (χ2n) is 6.57. The first-order valence-corrected chi connectivity index (χ1v) is 9.99. The van der Waals surface area contributed by atoms with Crippen molar-refractivity contribution in [2.24, 2.45) is 13.0 Å². The van der Waals surface area contributed by atoms with Crippen LogP contribution in [-0.2, 0) is 11.8 Å². The minimum absolute atomic E-state index is 0.0612. The summed E-state index contributed by atoms with van der Waals surface area (Å²) in [5, 5.41) is 12.9. The lowest BCUT2D eigenvalue weighted by Crippen LogP contribution is -2.41. The quantitative estimate of drug-likeness (QED) is 0.801. The average molecular weight is 379 g/mol. The van der Waals surface area contributed by atoms with Gasteiger partial charge in [0, 0.05) is 18.7 Å². The number of carbonyl (C=O) groups excluding carboxylic acids is 1. The number of nitrogens with one attached hydrogen (secondary N) is 1. The van der Waals surface area contributed by atoms with Crippen LogP contribution in [0.25, 0.3) is 11.4 Å². The fourth-order valence-corrected chi connectivity index (χ4v) is 4.17. The number of rotatable bonds is 5. The molecule has 1 aromatic heterocycles. The van der Waals surface area contributed by atoms with Crippen molar-refractivity contribution in [3.63, 3.8) is 0 Å². The summed E-state index contributed by atoms with van der Waals surface area (Å²) in [5.41, 5.74) is 0.839. The van der Waals surface area contributed by atoms with Crippen LogP contribution in [0.3, 0.4) is 0 Å². The molecule has 1 amide bonds. The Morgan fingerprint density at radius 2 is 2.08 bits per heavy atom. The third-order valence-corrected chi connectivity index (χ3v) is 6.09. The molecule has 1 fully saturated rings. The second kappa shape index (κ2) is 8.23. The zero-order valence-corrected chi connectivity index (χ0v) is 16.1. The van der Waals surface area contributed by atoms with Crippen molar-refractivity contribution in [2.75, 3.05) is 5.75 Å². The smallest absolute Gasteiger partial charge is 0.230 e. The summed E-state index contributed by atoms with van der Waals surface area (Å²) in [5.74, 6) is 1.67. The Hall–Kier alpha value is -1.53. The van der Waals surface area contributed by atoms with Crippen LogP contribution >= 0.6 is 23.4 Å². The number of hydrogen-bond acceptors (Lipinski definition) is 4. The van der Waals surface area contributed by atoms with Gasteiger partial charge in [0.2, 0.25) is 5.91 Å². The number of thioether (sulfide) groups is 1. The minimum Gasteiger partial charge on any atom is -0.352 e. The summed E-state index contributed by atoms with van der Waals surface area (Å²) < 4.78 is 1.88. The van der Waals surface area contributed by atoms with E-state index in [4.69, 9.17) is 11.6 Å². The Balaban J connectivity index is 1.60. The molecule has 1 N–H and O–H groups in total. The van der Waals surface area contributed by atoms with E-state index in [1.165, 1.54) is 31.0 Å². The van der Waals surface area contributed by atoms with Crippen LogP contribution in [0.15, 0.2) is 29.4 Å². The number of carbonyl (C=O) groups is 1. The molecule has 134 valence electrons. The van der Waals surface area contributed by atoms with E-state index in [0.29, 0.717) is 33.7 Å². The van der Waals surface area contributed by atoms with Gasteiger partial charge in [-0.05, 0) is 30.9 Å². The summed E-state index contributed by atoms with van der Waals surface area (Å²) in [4.78, 5) is 12.3. The maximum absolute atomic E-state index is 12.3. The molecule has 0 spiro atoms. The van der Waals surface area contributed by atoms with Gasteiger partial charge in [0.15, 0.2) is 11.0 Å². The highest BCUT2D eigenvalue weighted by Crippen LogP contribution is 2.28. The van der Waals surface area contributed by atoms with Crippen molar-refractivity contribution in [1.82, 2.24) is 20.1 Å². The van der Waals surface area contributed by atoms with Gasteiger partial charge in [-0.2, -0.15) is 0 Å². The molecule has 1 aliphatic carbocycles. The molecule has 2 atom stereocenters. The molecule has 0 bridgehead atoms. The lowest BCUT2D eigenvalue weighted by molar-refractivity contribution is -0.119. The normalized spacial score (nSPS) is 20.4. The first-order chi connectivity index (χ1) is 12.1. The zero-order valence-electron chi connectivity index (χ0n) is 14.5. The molecule has 2 unspecified atom stereocenters. The van der Waals surface area contributed by atoms with E-state index in [1.54, 1.807) is 0 Å². The number of amides is 1. The fraction of sp³-hybridized carbons (Fsp3) is 0.500. The summed E-state index contributed by atoms with van der Waals surface area (Å²) in [6.45, 7) is 2.22. The third kappa shape index (κ3) is 4.36. The molecule has 25 heavy (non-hydrogen) atoms. The van der Waals surface area contributed by atoms with Gasteiger partial charge in [-0.3, -0.25) is 4.79 Å². The number of halogens is 1. The largest absolute Gasteiger partial charge is 0.352 e. The standard InChI is InChI=1S/C18H23ClN4OS/c1-12-7-3-6-10-15(12)20-16(24)11-25-18-22-21-17(23(18)2)13-8-4-5-9-14(13)19/h4-5,8-9,12,15H,3,6-7,10-11H2,1-2H3,(H,20,24). The van der Waals surface area contributed by atoms with Gasteiger partial charge in [-0.25, -0.2) is 0 Å². The van der Waals surface area contributed by atoms with Crippen LogP contribution in [-0.4, -0.2) is 32.5 Å². The Kier molecular flexibility index (Phi) is 6.02. The van der Waals surface area contributed by atoms with Gasteiger partial charge in [0.25, 0.3) is 0 Å². The van der Waals surface area contributed by atoms with Gasteiger partial charge in [0.05, 0.1) is 10.8 Å². The predicted molar refractivity (Wildman–Crippen MR) is 102 cm³/mol. The van der Waals surface area contributed by atoms with E-state index in [1.807, 2.05) is 35.9 Å². The predicted octanol–water partition coefficient (Wildman–Crippen LogP) is 3.92. The van der Waals surface area contributed by atoms with Crippen LogP contribution in [0.5, 0.6) is 0 Å². The van der Waals surface area contributed by atoms with Gasteiger partial charge in [-0.1, -0.05) is 55.3 Å². The molecule has 5 nitrogen and oxygen atoms in total. The highest BCUT2D eigenvalue weighted by molar-refractivity contribution is 7.99.